The molecule has 0 rings (SSSR count). The molecule has 0 bridgehead atoms. The van der Waals surface area contributed by atoms with Crippen LogP contribution >= 0.6 is 0 Å². The number of hydrogen-bond donors (Lipinski definition) is 0. The van der Waals surface area contributed by atoms with Crippen molar-refractivity contribution in [3.05, 3.63) is 48.6 Å². The minimum Gasteiger partial charge on any atom is -0.309 e. The molecule has 1 heteroatoms. The molecule has 0 spiro atoms. The maximum atomic E-state index is 2.53. The van der Waals surface area contributed by atoms with Crippen LogP contribution in [0.15, 0.2) is 48.6 Å². The SMILES string of the molecule is CCCCC/C=C\C/C=C\CCCCCCCC(C)C(CCCCCCC/C=C\C/C=C\CCCCC)CN(C)C. The van der Waals surface area contributed by atoms with Gasteiger partial charge in [-0.15, -0.1) is 0 Å². The van der Waals surface area contributed by atoms with Crippen LogP contribution in [0.5, 0.6) is 0 Å². The van der Waals surface area contributed by atoms with Gasteiger partial charge >= 0.3 is 0 Å². The van der Waals surface area contributed by atoms with Crippen molar-refractivity contribution in [2.24, 2.45) is 11.8 Å². The molecule has 0 aromatic rings. The van der Waals surface area contributed by atoms with Crippen molar-refractivity contribution < 1.29 is 0 Å². The van der Waals surface area contributed by atoms with E-state index in [0.717, 1.165) is 24.7 Å². The average molecular weight is 570 g/mol. The Morgan fingerprint density at radius 1 is 0.439 bits per heavy atom. The molecule has 0 amide bonds. The molecule has 0 fully saturated rings. The summed E-state index contributed by atoms with van der Waals surface area (Å²) in [6.07, 6.45) is 51.2. The summed E-state index contributed by atoms with van der Waals surface area (Å²) < 4.78 is 0. The van der Waals surface area contributed by atoms with E-state index >= 15 is 0 Å². The quantitative estimate of drug-likeness (QED) is 0.0592. The number of unbranched alkanes of at least 4 members (excludes halogenated alkanes) is 16. The highest BCUT2D eigenvalue weighted by molar-refractivity contribution is 4.93. The van der Waals surface area contributed by atoms with Crippen molar-refractivity contribution in [1.82, 2.24) is 4.90 Å². The minimum atomic E-state index is 0.862. The first-order valence-electron chi connectivity index (χ1n) is 18.4. The molecular weight excluding hydrogens is 494 g/mol. The Hall–Kier alpha value is -1.08. The van der Waals surface area contributed by atoms with E-state index in [2.05, 4.69) is 88.4 Å². The minimum absolute atomic E-state index is 0.862. The first-order valence-corrected chi connectivity index (χ1v) is 18.4. The highest BCUT2D eigenvalue weighted by atomic mass is 15.1. The third kappa shape index (κ3) is 31.7. The van der Waals surface area contributed by atoms with E-state index in [1.54, 1.807) is 0 Å². The summed E-state index contributed by atoms with van der Waals surface area (Å²) in [5, 5.41) is 0. The average Bonchev–Trinajstić information content (AvgIpc) is 2.96. The molecule has 0 heterocycles. The van der Waals surface area contributed by atoms with Crippen LogP contribution in [0.4, 0.5) is 0 Å². The number of rotatable bonds is 31. The largest absolute Gasteiger partial charge is 0.309 e. The molecule has 0 saturated carbocycles. The molecule has 2 unspecified atom stereocenters. The third-order valence-electron chi connectivity index (χ3n) is 8.54. The summed E-state index contributed by atoms with van der Waals surface area (Å²) in [6, 6.07) is 0. The molecule has 1 nitrogen and oxygen atoms in total. The fourth-order valence-electron chi connectivity index (χ4n) is 5.76. The van der Waals surface area contributed by atoms with E-state index in [1.165, 1.54) is 148 Å². The third-order valence-corrected chi connectivity index (χ3v) is 8.54. The summed E-state index contributed by atoms with van der Waals surface area (Å²) in [7, 11) is 4.52. The predicted octanol–water partition coefficient (Wildman–Crippen LogP) is 13.4. The fourth-order valence-corrected chi connectivity index (χ4v) is 5.76. The number of hydrogen-bond acceptors (Lipinski definition) is 1. The van der Waals surface area contributed by atoms with Gasteiger partial charge in [-0.1, -0.05) is 153 Å². The normalized spacial score (nSPS) is 14.1. The highest BCUT2D eigenvalue weighted by Crippen LogP contribution is 2.25. The Labute approximate surface area is 260 Å². The van der Waals surface area contributed by atoms with E-state index < -0.39 is 0 Å². The second kappa shape index (κ2) is 33.4. The van der Waals surface area contributed by atoms with Crippen LogP contribution in [0.2, 0.25) is 0 Å². The van der Waals surface area contributed by atoms with Crippen molar-refractivity contribution in [2.75, 3.05) is 20.6 Å². The lowest BCUT2D eigenvalue weighted by molar-refractivity contribution is 0.227. The molecule has 0 saturated heterocycles. The molecule has 2 atom stereocenters. The van der Waals surface area contributed by atoms with Gasteiger partial charge in [0.2, 0.25) is 0 Å². The zero-order valence-electron chi connectivity index (χ0n) is 28.9. The van der Waals surface area contributed by atoms with Gasteiger partial charge in [0, 0.05) is 6.54 Å². The molecule has 0 radical (unpaired) electrons. The van der Waals surface area contributed by atoms with Gasteiger partial charge in [0.25, 0.3) is 0 Å². The summed E-state index contributed by atoms with van der Waals surface area (Å²) in [4.78, 5) is 2.42. The molecule has 0 N–H and O–H groups in total. The van der Waals surface area contributed by atoms with Gasteiger partial charge in [0.1, 0.15) is 0 Å². The Kier molecular flexibility index (Phi) is 32.5. The van der Waals surface area contributed by atoms with Crippen LogP contribution in [0, 0.1) is 11.8 Å². The molecular formula is C40H75N. The Morgan fingerprint density at radius 3 is 1.22 bits per heavy atom. The topological polar surface area (TPSA) is 3.24 Å². The van der Waals surface area contributed by atoms with Crippen LogP contribution in [0.1, 0.15) is 175 Å². The highest BCUT2D eigenvalue weighted by Gasteiger charge is 2.17. The Morgan fingerprint density at radius 2 is 0.805 bits per heavy atom. The smallest absolute Gasteiger partial charge is 0.000610 e. The summed E-state index contributed by atoms with van der Waals surface area (Å²) >= 11 is 0. The maximum Gasteiger partial charge on any atom is 0.000610 e. The Bertz CT molecular complexity index is 610. The van der Waals surface area contributed by atoms with Gasteiger partial charge in [-0.05, 0) is 96.6 Å². The first-order chi connectivity index (χ1) is 20.1. The lowest BCUT2D eigenvalue weighted by Gasteiger charge is -2.27. The zero-order valence-corrected chi connectivity index (χ0v) is 28.9. The molecule has 0 aliphatic carbocycles. The molecule has 0 aliphatic heterocycles. The van der Waals surface area contributed by atoms with Crippen molar-refractivity contribution in [1.29, 1.82) is 0 Å². The lowest BCUT2D eigenvalue weighted by Crippen LogP contribution is -2.26. The molecule has 240 valence electrons. The monoisotopic (exact) mass is 570 g/mol. The van der Waals surface area contributed by atoms with Gasteiger partial charge in [0.05, 0.1) is 0 Å². The standard InChI is InChI=1S/C40H75N/c1-6-8-10-12-14-16-18-20-22-24-26-28-30-32-34-36-39(3)40(38-41(4)5)37-35-33-31-29-27-25-23-21-19-17-15-13-11-9-7-2/h14-17,20-23,39-40H,6-13,18-19,24-38H2,1-5H3/b16-14-,17-15-,22-20-,23-21-. The zero-order chi connectivity index (χ0) is 30.1. The predicted molar refractivity (Wildman–Crippen MR) is 190 cm³/mol. The second-order valence-electron chi connectivity index (χ2n) is 13.0. The summed E-state index contributed by atoms with van der Waals surface area (Å²) in [5.41, 5.74) is 0. The van der Waals surface area contributed by atoms with E-state index in [9.17, 15) is 0 Å². The van der Waals surface area contributed by atoms with E-state index in [0.29, 0.717) is 0 Å². The summed E-state index contributed by atoms with van der Waals surface area (Å²) in [6.45, 7) is 8.34. The van der Waals surface area contributed by atoms with Gasteiger partial charge in [-0.25, -0.2) is 0 Å². The van der Waals surface area contributed by atoms with Gasteiger partial charge < -0.3 is 4.90 Å². The van der Waals surface area contributed by atoms with Crippen LogP contribution in [-0.4, -0.2) is 25.5 Å². The second-order valence-corrected chi connectivity index (χ2v) is 13.0. The van der Waals surface area contributed by atoms with Crippen LogP contribution < -0.4 is 0 Å². The maximum absolute atomic E-state index is 2.53. The summed E-state index contributed by atoms with van der Waals surface area (Å²) in [5.74, 6) is 1.73. The van der Waals surface area contributed by atoms with Crippen molar-refractivity contribution in [2.45, 2.75) is 175 Å². The van der Waals surface area contributed by atoms with E-state index in [-0.39, 0.29) is 0 Å². The van der Waals surface area contributed by atoms with Crippen LogP contribution in [0.3, 0.4) is 0 Å². The molecule has 0 aromatic heterocycles. The van der Waals surface area contributed by atoms with Crippen LogP contribution in [-0.2, 0) is 0 Å². The molecule has 0 aromatic carbocycles. The Balaban J connectivity index is 3.78. The molecule has 0 aliphatic rings. The van der Waals surface area contributed by atoms with Crippen molar-refractivity contribution >= 4 is 0 Å². The molecule has 41 heavy (non-hydrogen) atoms. The fraction of sp³-hybridized carbons (Fsp3) is 0.800. The first kappa shape index (κ1) is 39.9. The lowest BCUT2D eigenvalue weighted by atomic mass is 9.85. The number of nitrogens with zero attached hydrogens (tertiary/aromatic N) is 1. The van der Waals surface area contributed by atoms with Crippen molar-refractivity contribution in [3.63, 3.8) is 0 Å². The van der Waals surface area contributed by atoms with Crippen LogP contribution in [0.25, 0.3) is 0 Å². The number of allylic oxidation sites excluding steroid dienone is 8. The van der Waals surface area contributed by atoms with Crippen molar-refractivity contribution in [3.8, 4) is 0 Å². The van der Waals surface area contributed by atoms with Gasteiger partial charge in [-0.2, -0.15) is 0 Å². The van der Waals surface area contributed by atoms with E-state index in [4.69, 9.17) is 0 Å². The van der Waals surface area contributed by atoms with Gasteiger partial charge in [0.15, 0.2) is 0 Å². The van der Waals surface area contributed by atoms with Gasteiger partial charge in [-0.3, -0.25) is 0 Å². The van der Waals surface area contributed by atoms with E-state index in [1.807, 2.05) is 0 Å².